The predicted octanol–water partition coefficient (Wildman–Crippen LogP) is 3.43. The fourth-order valence-corrected chi connectivity index (χ4v) is 5.41. The molecule has 2 heterocycles. The van der Waals surface area contributed by atoms with Crippen molar-refractivity contribution in [3.63, 3.8) is 0 Å². The summed E-state index contributed by atoms with van der Waals surface area (Å²) < 4.78 is 32.3. The molecule has 2 amide bonds. The molecule has 8 nitrogen and oxygen atoms in total. The molecule has 0 saturated carbocycles. The minimum Gasteiger partial charge on any atom is -0.459 e. The third kappa shape index (κ3) is 5.73. The largest absolute Gasteiger partial charge is 0.459 e. The summed E-state index contributed by atoms with van der Waals surface area (Å²) in [5.41, 5.74) is 1.32. The van der Waals surface area contributed by atoms with Gasteiger partial charge in [0.2, 0.25) is 15.9 Å². The van der Waals surface area contributed by atoms with E-state index in [9.17, 15) is 18.0 Å². The van der Waals surface area contributed by atoms with Crippen LogP contribution in [0.4, 0.5) is 5.69 Å². The minimum absolute atomic E-state index is 0.109. The van der Waals surface area contributed by atoms with E-state index in [1.54, 1.807) is 18.2 Å². The molecule has 1 aromatic heterocycles. The van der Waals surface area contributed by atoms with Gasteiger partial charge < -0.3 is 15.1 Å². The number of sulfonamides is 1. The standard InChI is InChI=1S/C25H27N3O5S/c29-24(22(18-19-8-3-1-4-9-19)27-25(30)23-10-7-17-33-23)26-20-11-13-21(14-12-20)34(31,32)28-15-5-2-6-16-28/h1,3-4,7-14,17,22H,2,5-6,15-16,18H2,(H,26,29)(H,27,30)/t22-/m0/s1. The average molecular weight is 482 g/mol. The van der Waals surface area contributed by atoms with Gasteiger partial charge in [0.05, 0.1) is 11.2 Å². The van der Waals surface area contributed by atoms with Crippen LogP contribution in [0, 0.1) is 0 Å². The lowest BCUT2D eigenvalue weighted by Gasteiger charge is -2.26. The number of amides is 2. The molecule has 0 spiro atoms. The molecule has 3 aromatic rings. The van der Waals surface area contributed by atoms with Gasteiger partial charge in [-0.05, 0) is 54.8 Å². The van der Waals surface area contributed by atoms with Gasteiger partial charge in [0, 0.05) is 25.2 Å². The van der Waals surface area contributed by atoms with E-state index >= 15 is 0 Å². The zero-order chi connectivity index (χ0) is 24.0. The molecule has 2 aromatic carbocycles. The first-order valence-corrected chi connectivity index (χ1v) is 12.7. The number of hydrogen-bond acceptors (Lipinski definition) is 5. The lowest BCUT2D eigenvalue weighted by atomic mass is 10.0. The zero-order valence-corrected chi connectivity index (χ0v) is 19.5. The van der Waals surface area contributed by atoms with E-state index in [4.69, 9.17) is 4.42 Å². The number of hydrogen-bond donors (Lipinski definition) is 2. The number of benzene rings is 2. The molecule has 178 valence electrons. The molecule has 1 aliphatic rings. The smallest absolute Gasteiger partial charge is 0.287 e. The van der Waals surface area contributed by atoms with Gasteiger partial charge in [-0.1, -0.05) is 36.8 Å². The van der Waals surface area contributed by atoms with Crippen LogP contribution in [0.2, 0.25) is 0 Å². The molecule has 1 atom stereocenters. The van der Waals surface area contributed by atoms with Crippen molar-refractivity contribution in [2.75, 3.05) is 18.4 Å². The Kier molecular flexibility index (Phi) is 7.44. The number of rotatable bonds is 8. The highest BCUT2D eigenvalue weighted by Gasteiger charge is 2.26. The van der Waals surface area contributed by atoms with Gasteiger partial charge >= 0.3 is 0 Å². The molecule has 1 aliphatic heterocycles. The van der Waals surface area contributed by atoms with Crippen molar-refractivity contribution in [3.05, 3.63) is 84.3 Å². The number of piperidine rings is 1. The zero-order valence-electron chi connectivity index (χ0n) is 18.6. The van der Waals surface area contributed by atoms with Crippen LogP contribution in [0.5, 0.6) is 0 Å². The first-order valence-electron chi connectivity index (χ1n) is 11.2. The molecule has 9 heteroatoms. The molecule has 2 N–H and O–H groups in total. The number of nitrogens with zero attached hydrogens (tertiary/aromatic N) is 1. The second-order valence-electron chi connectivity index (χ2n) is 8.17. The maximum absolute atomic E-state index is 13.1. The highest BCUT2D eigenvalue weighted by molar-refractivity contribution is 7.89. The van der Waals surface area contributed by atoms with E-state index in [2.05, 4.69) is 10.6 Å². The van der Waals surface area contributed by atoms with E-state index in [0.717, 1.165) is 24.8 Å². The van der Waals surface area contributed by atoms with Crippen LogP contribution in [0.15, 0.2) is 82.3 Å². The third-order valence-electron chi connectivity index (χ3n) is 5.72. The van der Waals surface area contributed by atoms with Gasteiger partial charge in [-0.2, -0.15) is 4.31 Å². The first-order chi connectivity index (χ1) is 16.4. The Morgan fingerprint density at radius 2 is 1.62 bits per heavy atom. The number of carbonyl (C=O) groups is 2. The van der Waals surface area contributed by atoms with E-state index in [-0.39, 0.29) is 17.1 Å². The Morgan fingerprint density at radius 1 is 0.912 bits per heavy atom. The third-order valence-corrected chi connectivity index (χ3v) is 7.64. The van der Waals surface area contributed by atoms with Crippen LogP contribution in [-0.4, -0.2) is 43.7 Å². The monoisotopic (exact) mass is 481 g/mol. The Balaban J connectivity index is 1.47. The van der Waals surface area contributed by atoms with Gasteiger partial charge in [-0.15, -0.1) is 0 Å². The van der Waals surface area contributed by atoms with Crippen molar-refractivity contribution in [2.45, 2.75) is 36.6 Å². The summed E-state index contributed by atoms with van der Waals surface area (Å²) in [5, 5.41) is 5.50. The molecule has 34 heavy (non-hydrogen) atoms. The predicted molar refractivity (Wildman–Crippen MR) is 128 cm³/mol. The summed E-state index contributed by atoms with van der Waals surface area (Å²) in [6.07, 6.45) is 4.43. The summed E-state index contributed by atoms with van der Waals surface area (Å²) >= 11 is 0. The summed E-state index contributed by atoms with van der Waals surface area (Å²) in [5.74, 6) is -0.808. The van der Waals surface area contributed by atoms with Crippen LogP contribution >= 0.6 is 0 Å². The van der Waals surface area contributed by atoms with Crippen molar-refractivity contribution >= 4 is 27.5 Å². The second-order valence-corrected chi connectivity index (χ2v) is 10.1. The molecule has 0 radical (unpaired) electrons. The van der Waals surface area contributed by atoms with Crippen LogP contribution < -0.4 is 10.6 Å². The highest BCUT2D eigenvalue weighted by atomic mass is 32.2. The Morgan fingerprint density at radius 3 is 2.26 bits per heavy atom. The Hall–Kier alpha value is -3.43. The topological polar surface area (TPSA) is 109 Å². The van der Waals surface area contributed by atoms with Crippen molar-refractivity contribution in [3.8, 4) is 0 Å². The molecule has 1 fully saturated rings. The fraction of sp³-hybridized carbons (Fsp3) is 0.280. The number of nitrogens with one attached hydrogen (secondary N) is 2. The van der Waals surface area contributed by atoms with Gasteiger partial charge in [-0.3, -0.25) is 9.59 Å². The van der Waals surface area contributed by atoms with Crippen molar-refractivity contribution < 1.29 is 22.4 Å². The molecule has 4 rings (SSSR count). The normalized spacial score (nSPS) is 15.4. The van der Waals surface area contributed by atoms with E-state index in [0.29, 0.717) is 18.8 Å². The van der Waals surface area contributed by atoms with Gasteiger partial charge in [0.25, 0.3) is 5.91 Å². The summed E-state index contributed by atoms with van der Waals surface area (Å²) in [4.78, 5) is 25.8. The van der Waals surface area contributed by atoms with Gasteiger partial charge in [0.15, 0.2) is 5.76 Å². The first kappa shape index (κ1) is 23.7. The van der Waals surface area contributed by atoms with Crippen LogP contribution in [-0.2, 0) is 21.2 Å². The molecule has 0 bridgehead atoms. The maximum Gasteiger partial charge on any atom is 0.287 e. The number of anilines is 1. The maximum atomic E-state index is 13.1. The number of carbonyl (C=O) groups excluding carboxylic acids is 2. The fourth-order valence-electron chi connectivity index (χ4n) is 3.89. The summed E-state index contributed by atoms with van der Waals surface area (Å²) in [6.45, 7) is 1.05. The molecular weight excluding hydrogens is 454 g/mol. The van der Waals surface area contributed by atoms with Crippen LogP contribution in [0.1, 0.15) is 35.4 Å². The van der Waals surface area contributed by atoms with E-state index in [1.807, 2.05) is 30.3 Å². The Bertz CT molecular complexity index is 1200. The van der Waals surface area contributed by atoms with Crippen LogP contribution in [0.25, 0.3) is 0 Å². The lowest BCUT2D eigenvalue weighted by molar-refractivity contribution is -0.118. The van der Waals surface area contributed by atoms with E-state index in [1.165, 1.54) is 28.8 Å². The molecule has 1 saturated heterocycles. The van der Waals surface area contributed by atoms with Crippen LogP contribution in [0.3, 0.4) is 0 Å². The molecule has 0 aliphatic carbocycles. The van der Waals surface area contributed by atoms with E-state index < -0.39 is 27.9 Å². The summed E-state index contributed by atoms with van der Waals surface area (Å²) in [7, 11) is -3.55. The highest BCUT2D eigenvalue weighted by Crippen LogP contribution is 2.22. The lowest BCUT2D eigenvalue weighted by Crippen LogP contribution is -2.45. The molecular formula is C25H27N3O5S. The van der Waals surface area contributed by atoms with Crippen molar-refractivity contribution in [1.82, 2.24) is 9.62 Å². The quantitative estimate of drug-likeness (QED) is 0.512. The van der Waals surface area contributed by atoms with Gasteiger partial charge in [0.1, 0.15) is 6.04 Å². The van der Waals surface area contributed by atoms with Crippen molar-refractivity contribution in [1.29, 1.82) is 0 Å². The molecule has 0 unspecified atom stereocenters. The average Bonchev–Trinajstić information content (AvgIpc) is 3.40. The van der Waals surface area contributed by atoms with Crippen molar-refractivity contribution in [2.24, 2.45) is 0 Å². The second kappa shape index (κ2) is 10.7. The minimum atomic E-state index is -3.55. The Labute approximate surface area is 199 Å². The summed E-state index contributed by atoms with van der Waals surface area (Å²) in [6, 6.07) is 17.7. The number of furan rings is 1. The van der Waals surface area contributed by atoms with Gasteiger partial charge in [-0.25, -0.2) is 8.42 Å². The SMILES string of the molecule is O=C(N[C@@H](Cc1ccccc1)C(=O)Nc1ccc(S(=O)(=O)N2CCCCC2)cc1)c1ccco1.